The van der Waals surface area contributed by atoms with E-state index in [4.69, 9.17) is 37.5 Å². The summed E-state index contributed by atoms with van der Waals surface area (Å²) in [5.74, 6) is -1.56. The molecule has 29 heavy (non-hydrogen) atoms. The quantitative estimate of drug-likeness (QED) is 0.606. The van der Waals surface area contributed by atoms with Crippen LogP contribution in [0.1, 0.15) is 37.0 Å². The maximum atomic E-state index is 14.4. The summed E-state index contributed by atoms with van der Waals surface area (Å²) in [6.45, 7) is 3.65. The number of benzene rings is 1. The van der Waals surface area contributed by atoms with Gasteiger partial charge in [-0.1, -0.05) is 23.2 Å². The number of carbonyl (C=O) groups excluding carboxylic acids is 1. The predicted molar refractivity (Wildman–Crippen MR) is 108 cm³/mol. The summed E-state index contributed by atoms with van der Waals surface area (Å²) in [5, 5.41) is -0.250. The van der Waals surface area contributed by atoms with E-state index in [-0.39, 0.29) is 33.5 Å². The van der Waals surface area contributed by atoms with E-state index in [1.165, 1.54) is 12.3 Å². The first kappa shape index (κ1) is 21.6. The van der Waals surface area contributed by atoms with Crippen molar-refractivity contribution in [1.29, 1.82) is 4.78 Å². The van der Waals surface area contributed by atoms with Crippen LogP contribution in [-0.2, 0) is 9.92 Å². The molecule has 3 rings (SSSR count). The third-order valence-electron chi connectivity index (χ3n) is 3.86. The van der Waals surface area contributed by atoms with E-state index in [0.29, 0.717) is 12.8 Å². The Kier molecular flexibility index (Phi) is 6.21. The Hall–Kier alpha value is -2.10. The van der Waals surface area contributed by atoms with Crippen LogP contribution >= 0.6 is 23.2 Å². The van der Waals surface area contributed by atoms with Crippen LogP contribution in [0.15, 0.2) is 24.4 Å². The highest BCUT2D eigenvalue weighted by atomic mass is 35.5. The van der Waals surface area contributed by atoms with Crippen LogP contribution in [-0.4, -0.2) is 26.5 Å². The minimum Gasteiger partial charge on any atom is -0.474 e. The minimum absolute atomic E-state index is 0.0573. The first-order valence-corrected chi connectivity index (χ1v) is 11.0. The first-order valence-electron chi connectivity index (χ1n) is 8.65. The minimum atomic E-state index is -3.32. The van der Waals surface area contributed by atoms with Gasteiger partial charge >= 0.3 is 0 Å². The molecule has 2 N–H and O–H groups in total. The van der Waals surface area contributed by atoms with Crippen LogP contribution in [0.25, 0.3) is 0 Å². The van der Waals surface area contributed by atoms with E-state index in [1.54, 1.807) is 0 Å². The van der Waals surface area contributed by atoms with E-state index in [1.807, 2.05) is 13.8 Å². The second-order valence-electron chi connectivity index (χ2n) is 6.72. The molecule has 1 aromatic carbocycles. The Morgan fingerprint density at radius 1 is 1.31 bits per heavy atom. The highest BCUT2D eigenvalue weighted by Gasteiger charge is 2.34. The van der Waals surface area contributed by atoms with Crippen molar-refractivity contribution in [3.8, 4) is 17.4 Å². The van der Waals surface area contributed by atoms with Crippen molar-refractivity contribution < 1.29 is 22.9 Å². The lowest BCUT2D eigenvalue weighted by Crippen LogP contribution is -2.32. The molecule has 0 bridgehead atoms. The molecule has 1 aromatic heterocycles. The number of hydrogen-bond acceptors (Lipinski definition) is 6. The summed E-state index contributed by atoms with van der Waals surface area (Å²) in [5.41, 5.74) is -0.431. The van der Waals surface area contributed by atoms with Gasteiger partial charge in [-0.3, -0.25) is 9.52 Å². The van der Waals surface area contributed by atoms with Crippen LogP contribution in [0.3, 0.4) is 0 Å². The lowest BCUT2D eigenvalue weighted by molar-refractivity contribution is 0.0978. The number of amides is 1. The van der Waals surface area contributed by atoms with E-state index in [0.717, 1.165) is 12.1 Å². The summed E-state index contributed by atoms with van der Waals surface area (Å²) >= 11 is 12.2. The largest absolute Gasteiger partial charge is 0.474 e. The van der Waals surface area contributed by atoms with Crippen LogP contribution in [0.5, 0.6) is 17.4 Å². The molecule has 1 saturated carbocycles. The lowest BCUT2D eigenvalue weighted by atomic mass is 10.2. The molecular formula is C18H18Cl2FN3O4S. The zero-order chi connectivity index (χ0) is 21.3. The van der Waals surface area contributed by atoms with Gasteiger partial charge in [-0.05, 0) is 32.8 Å². The van der Waals surface area contributed by atoms with Crippen LogP contribution in [0, 0.1) is 10.6 Å². The second-order valence-corrected chi connectivity index (χ2v) is 9.61. The molecule has 0 aliphatic heterocycles. The molecule has 1 fully saturated rings. The van der Waals surface area contributed by atoms with Crippen molar-refractivity contribution in [2.45, 2.75) is 38.0 Å². The van der Waals surface area contributed by atoms with Gasteiger partial charge in [-0.25, -0.2) is 18.4 Å². The molecular weight excluding hydrogens is 444 g/mol. The molecule has 1 amide bonds. The fraction of sp³-hybridized carbons (Fsp3) is 0.333. The molecule has 2 aromatic rings. The SMILES string of the molecule is CC(C)Oc1ncc(Oc2cc(F)c(C(=O)NS(=N)(=O)C3CC3)cc2Cl)cc1Cl. The molecule has 0 radical (unpaired) electrons. The van der Waals surface area contributed by atoms with E-state index in [2.05, 4.69) is 9.71 Å². The van der Waals surface area contributed by atoms with E-state index in [9.17, 15) is 13.4 Å². The number of ether oxygens (including phenoxy) is 2. The summed E-state index contributed by atoms with van der Waals surface area (Å²) in [6, 6.07) is 3.41. The zero-order valence-electron chi connectivity index (χ0n) is 15.5. The second kappa shape index (κ2) is 8.33. The van der Waals surface area contributed by atoms with E-state index >= 15 is 0 Å². The number of halogens is 3. The van der Waals surface area contributed by atoms with Crippen molar-refractivity contribution in [2.24, 2.45) is 0 Å². The monoisotopic (exact) mass is 461 g/mol. The molecule has 1 aliphatic carbocycles. The molecule has 1 aliphatic rings. The molecule has 1 heterocycles. The summed E-state index contributed by atoms with van der Waals surface area (Å²) in [6.07, 6.45) is 2.41. The number of carbonyl (C=O) groups is 1. The van der Waals surface area contributed by atoms with Gasteiger partial charge < -0.3 is 9.47 Å². The van der Waals surface area contributed by atoms with Crippen molar-refractivity contribution in [2.75, 3.05) is 0 Å². The van der Waals surface area contributed by atoms with Crippen LogP contribution < -0.4 is 14.2 Å². The molecule has 156 valence electrons. The van der Waals surface area contributed by atoms with Gasteiger partial charge in [-0.2, -0.15) is 0 Å². The number of nitrogens with one attached hydrogen (secondary N) is 2. The number of pyridine rings is 1. The number of hydrogen-bond donors (Lipinski definition) is 2. The number of rotatable bonds is 7. The van der Waals surface area contributed by atoms with Crippen LogP contribution in [0.4, 0.5) is 4.39 Å². The average molecular weight is 462 g/mol. The van der Waals surface area contributed by atoms with Gasteiger partial charge in [0.25, 0.3) is 5.91 Å². The Bertz CT molecular complexity index is 1060. The Morgan fingerprint density at radius 2 is 2.00 bits per heavy atom. The predicted octanol–water partition coefficient (Wildman–Crippen LogP) is 4.96. The fourth-order valence-corrected chi connectivity index (χ4v) is 4.11. The van der Waals surface area contributed by atoms with Crippen molar-refractivity contribution in [3.05, 3.63) is 45.8 Å². The maximum Gasteiger partial charge on any atom is 0.266 e. The highest BCUT2D eigenvalue weighted by molar-refractivity contribution is 7.92. The average Bonchev–Trinajstić information content (AvgIpc) is 3.45. The van der Waals surface area contributed by atoms with Crippen molar-refractivity contribution in [3.63, 3.8) is 0 Å². The fourth-order valence-electron chi connectivity index (χ4n) is 2.36. The Balaban J connectivity index is 1.79. The molecule has 7 nitrogen and oxygen atoms in total. The standard InChI is InChI=1S/C18H18Cl2FN3O4S/c1-9(2)27-18-14(20)5-10(8-23-18)28-16-7-15(21)12(6-13(16)19)17(25)24-29(22,26)11-3-4-11/h5-9,11H,3-4H2,1-2H3,(H2,22,24,25,26). The zero-order valence-corrected chi connectivity index (χ0v) is 17.8. The number of aromatic nitrogens is 1. The topological polar surface area (TPSA) is 101 Å². The Labute approximate surface area is 177 Å². The third-order valence-corrected chi connectivity index (χ3v) is 6.33. The maximum absolute atomic E-state index is 14.4. The van der Waals surface area contributed by atoms with Crippen molar-refractivity contribution >= 4 is 39.0 Å². The number of nitrogens with zero attached hydrogens (tertiary/aromatic N) is 1. The first-order chi connectivity index (χ1) is 13.6. The molecule has 1 unspecified atom stereocenters. The normalized spacial score (nSPS) is 15.7. The lowest BCUT2D eigenvalue weighted by Gasteiger charge is -2.13. The smallest absolute Gasteiger partial charge is 0.266 e. The highest BCUT2D eigenvalue weighted by Crippen LogP contribution is 2.35. The molecule has 0 saturated heterocycles. The van der Waals surface area contributed by atoms with Gasteiger partial charge in [0.05, 0.1) is 28.1 Å². The molecule has 11 heteroatoms. The van der Waals surface area contributed by atoms with Crippen LogP contribution in [0.2, 0.25) is 10.0 Å². The van der Waals surface area contributed by atoms with Gasteiger partial charge in [0.2, 0.25) is 5.88 Å². The van der Waals surface area contributed by atoms with Gasteiger partial charge in [0.15, 0.2) is 0 Å². The van der Waals surface area contributed by atoms with Gasteiger partial charge in [0.1, 0.15) is 32.3 Å². The van der Waals surface area contributed by atoms with E-state index < -0.39 is 32.5 Å². The van der Waals surface area contributed by atoms with Gasteiger partial charge in [0, 0.05) is 12.1 Å². The summed E-state index contributed by atoms with van der Waals surface area (Å²) < 4.78 is 47.3. The summed E-state index contributed by atoms with van der Waals surface area (Å²) in [7, 11) is -3.32. The Morgan fingerprint density at radius 3 is 2.59 bits per heavy atom. The van der Waals surface area contributed by atoms with Crippen molar-refractivity contribution in [1.82, 2.24) is 9.71 Å². The summed E-state index contributed by atoms with van der Waals surface area (Å²) in [4.78, 5) is 16.3. The molecule has 1 atom stereocenters. The van der Waals surface area contributed by atoms with Gasteiger partial charge in [-0.15, -0.1) is 0 Å². The third kappa shape index (κ3) is 5.29. The molecule has 0 spiro atoms.